The molecular weight excluding hydrogens is 254 g/mol. The first-order chi connectivity index (χ1) is 9.70. The minimum absolute atomic E-state index is 0.0452. The summed E-state index contributed by atoms with van der Waals surface area (Å²) < 4.78 is 10.7. The number of nitrogens with one attached hydrogen (secondary N) is 1. The Morgan fingerprint density at radius 1 is 1.30 bits per heavy atom. The largest absolute Gasteiger partial charge is 0.494 e. The summed E-state index contributed by atoms with van der Waals surface area (Å²) in [5.41, 5.74) is 2.14. The molecular formula is C16H15NO3. The Hall–Kier alpha value is -2.49. The molecule has 0 aliphatic carbocycles. The molecule has 0 spiro atoms. The summed E-state index contributed by atoms with van der Waals surface area (Å²) in [5, 5.41) is 0.863. The average Bonchev–Trinajstić information content (AvgIpc) is 3.04. The summed E-state index contributed by atoms with van der Waals surface area (Å²) in [6, 6.07) is 7.39. The SMILES string of the molecule is CCOc1ccc2[nH]cc(C(=O)c3ccoc3C)c2c1. The Morgan fingerprint density at radius 2 is 2.15 bits per heavy atom. The quantitative estimate of drug-likeness (QED) is 0.735. The number of rotatable bonds is 4. The molecule has 1 aromatic carbocycles. The van der Waals surface area contributed by atoms with Crippen molar-refractivity contribution >= 4 is 16.7 Å². The molecule has 1 N–H and O–H groups in total. The lowest BCUT2D eigenvalue weighted by atomic mass is 10.0. The van der Waals surface area contributed by atoms with Crippen LogP contribution in [0.25, 0.3) is 10.9 Å². The first-order valence-electron chi connectivity index (χ1n) is 6.53. The maximum absolute atomic E-state index is 12.6. The van der Waals surface area contributed by atoms with Crippen molar-refractivity contribution in [2.75, 3.05) is 6.61 Å². The molecule has 2 aromatic heterocycles. The van der Waals surface area contributed by atoms with E-state index in [0.29, 0.717) is 23.5 Å². The smallest absolute Gasteiger partial charge is 0.198 e. The van der Waals surface area contributed by atoms with Crippen LogP contribution in [0, 0.1) is 6.92 Å². The van der Waals surface area contributed by atoms with Gasteiger partial charge in [0.2, 0.25) is 0 Å². The number of carbonyl (C=O) groups is 1. The predicted molar refractivity (Wildman–Crippen MR) is 76.3 cm³/mol. The minimum atomic E-state index is -0.0452. The molecule has 2 heterocycles. The van der Waals surface area contributed by atoms with Crippen molar-refractivity contribution in [3.05, 3.63) is 53.6 Å². The summed E-state index contributed by atoms with van der Waals surface area (Å²) in [4.78, 5) is 15.7. The maximum atomic E-state index is 12.6. The van der Waals surface area contributed by atoms with Gasteiger partial charge in [-0.3, -0.25) is 4.79 Å². The van der Waals surface area contributed by atoms with Crippen LogP contribution in [0.5, 0.6) is 5.75 Å². The van der Waals surface area contributed by atoms with Gasteiger partial charge in [-0.15, -0.1) is 0 Å². The van der Waals surface area contributed by atoms with Crippen LogP contribution in [0.2, 0.25) is 0 Å². The fourth-order valence-electron chi connectivity index (χ4n) is 2.31. The second kappa shape index (κ2) is 4.89. The van der Waals surface area contributed by atoms with Crippen molar-refractivity contribution in [2.45, 2.75) is 13.8 Å². The molecule has 0 saturated heterocycles. The van der Waals surface area contributed by atoms with Gasteiger partial charge >= 0.3 is 0 Å². The number of carbonyl (C=O) groups excluding carboxylic acids is 1. The number of benzene rings is 1. The van der Waals surface area contributed by atoms with Crippen LogP contribution in [-0.4, -0.2) is 17.4 Å². The Morgan fingerprint density at radius 3 is 2.85 bits per heavy atom. The lowest BCUT2D eigenvalue weighted by Crippen LogP contribution is -2.00. The number of aryl methyl sites for hydroxylation is 1. The van der Waals surface area contributed by atoms with Crippen LogP contribution in [-0.2, 0) is 0 Å². The van der Waals surface area contributed by atoms with Crippen molar-refractivity contribution in [3.8, 4) is 5.75 Å². The standard InChI is InChI=1S/C16H15NO3/c1-3-19-11-4-5-15-13(8-11)14(9-17-15)16(18)12-6-7-20-10(12)2/h4-9,17H,3H2,1-2H3. The van der Waals surface area contributed by atoms with Crippen LogP contribution < -0.4 is 4.74 Å². The number of fused-ring (bicyclic) bond motifs is 1. The second-order valence-electron chi connectivity index (χ2n) is 4.56. The fourth-order valence-corrected chi connectivity index (χ4v) is 2.31. The van der Waals surface area contributed by atoms with E-state index >= 15 is 0 Å². The number of furan rings is 1. The van der Waals surface area contributed by atoms with Gasteiger partial charge in [0, 0.05) is 22.7 Å². The van der Waals surface area contributed by atoms with E-state index in [9.17, 15) is 4.79 Å². The third kappa shape index (κ3) is 1.99. The molecule has 0 fully saturated rings. The Bertz CT molecular complexity index is 767. The van der Waals surface area contributed by atoms with Gasteiger partial charge in [-0.2, -0.15) is 0 Å². The molecule has 0 aliphatic heterocycles. The Labute approximate surface area is 116 Å². The number of H-pyrrole nitrogens is 1. The van der Waals surface area contributed by atoms with E-state index in [0.717, 1.165) is 16.7 Å². The van der Waals surface area contributed by atoms with E-state index in [4.69, 9.17) is 9.15 Å². The molecule has 4 nitrogen and oxygen atoms in total. The van der Waals surface area contributed by atoms with Gasteiger partial charge in [0.15, 0.2) is 5.78 Å². The number of hydrogen-bond donors (Lipinski definition) is 1. The molecule has 3 rings (SSSR count). The highest BCUT2D eigenvalue weighted by Crippen LogP contribution is 2.26. The van der Waals surface area contributed by atoms with E-state index < -0.39 is 0 Å². The summed E-state index contributed by atoms with van der Waals surface area (Å²) >= 11 is 0. The van der Waals surface area contributed by atoms with Gasteiger partial charge in [0.25, 0.3) is 0 Å². The van der Waals surface area contributed by atoms with Crippen molar-refractivity contribution in [1.29, 1.82) is 0 Å². The number of hydrogen-bond acceptors (Lipinski definition) is 3. The van der Waals surface area contributed by atoms with Crippen LogP contribution in [0.1, 0.15) is 28.6 Å². The third-order valence-corrected chi connectivity index (χ3v) is 3.31. The average molecular weight is 269 g/mol. The zero-order chi connectivity index (χ0) is 14.1. The summed E-state index contributed by atoms with van der Waals surface area (Å²) in [5.74, 6) is 1.35. The molecule has 3 aromatic rings. The van der Waals surface area contributed by atoms with Gasteiger partial charge in [-0.25, -0.2) is 0 Å². The number of ketones is 1. The predicted octanol–water partition coefficient (Wildman–Crippen LogP) is 3.70. The Balaban J connectivity index is 2.09. The van der Waals surface area contributed by atoms with Crippen molar-refractivity contribution in [2.24, 2.45) is 0 Å². The molecule has 0 aliphatic rings. The fraction of sp³-hybridized carbons (Fsp3) is 0.188. The molecule has 0 saturated carbocycles. The summed E-state index contributed by atoms with van der Waals surface area (Å²) in [6.07, 6.45) is 3.26. The van der Waals surface area contributed by atoms with Gasteiger partial charge < -0.3 is 14.1 Å². The monoisotopic (exact) mass is 269 g/mol. The van der Waals surface area contributed by atoms with Crippen LogP contribution in [0.3, 0.4) is 0 Å². The molecule has 0 radical (unpaired) electrons. The third-order valence-electron chi connectivity index (χ3n) is 3.31. The minimum Gasteiger partial charge on any atom is -0.494 e. The van der Waals surface area contributed by atoms with Crippen LogP contribution in [0.4, 0.5) is 0 Å². The van der Waals surface area contributed by atoms with Gasteiger partial charge in [-0.1, -0.05) is 0 Å². The highest BCUT2D eigenvalue weighted by molar-refractivity contribution is 6.16. The van der Waals surface area contributed by atoms with Crippen molar-refractivity contribution in [1.82, 2.24) is 4.98 Å². The van der Waals surface area contributed by atoms with Crippen molar-refractivity contribution in [3.63, 3.8) is 0 Å². The molecule has 0 amide bonds. The summed E-state index contributed by atoms with van der Waals surface area (Å²) in [7, 11) is 0. The number of aromatic nitrogens is 1. The van der Waals surface area contributed by atoms with E-state index in [1.165, 1.54) is 6.26 Å². The van der Waals surface area contributed by atoms with Crippen LogP contribution in [0.15, 0.2) is 41.1 Å². The highest BCUT2D eigenvalue weighted by Gasteiger charge is 2.18. The van der Waals surface area contributed by atoms with Gasteiger partial charge in [-0.05, 0) is 38.1 Å². The maximum Gasteiger partial charge on any atom is 0.198 e. The van der Waals surface area contributed by atoms with E-state index in [-0.39, 0.29) is 5.78 Å². The Kier molecular flexibility index (Phi) is 3.06. The second-order valence-corrected chi connectivity index (χ2v) is 4.56. The highest BCUT2D eigenvalue weighted by atomic mass is 16.5. The molecule has 102 valence electrons. The topological polar surface area (TPSA) is 55.2 Å². The number of ether oxygens (including phenoxy) is 1. The summed E-state index contributed by atoms with van der Waals surface area (Å²) in [6.45, 7) is 4.32. The molecule has 0 bridgehead atoms. The number of aromatic amines is 1. The molecule has 0 unspecified atom stereocenters. The van der Waals surface area contributed by atoms with Crippen LogP contribution >= 0.6 is 0 Å². The van der Waals surface area contributed by atoms with Gasteiger partial charge in [0.1, 0.15) is 11.5 Å². The zero-order valence-corrected chi connectivity index (χ0v) is 11.4. The lowest BCUT2D eigenvalue weighted by Gasteiger charge is -2.03. The van der Waals surface area contributed by atoms with E-state index in [1.54, 1.807) is 19.2 Å². The lowest BCUT2D eigenvalue weighted by molar-refractivity contribution is 0.103. The normalized spacial score (nSPS) is 10.9. The molecule has 20 heavy (non-hydrogen) atoms. The first kappa shape index (κ1) is 12.5. The zero-order valence-electron chi connectivity index (χ0n) is 11.4. The molecule has 0 atom stereocenters. The van der Waals surface area contributed by atoms with Crippen molar-refractivity contribution < 1.29 is 13.9 Å². The van der Waals surface area contributed by atoms with E-state index in [1.807, 2.05) is 25.1 Å². The first-order valence-corrected chi connectivity index (χ1v) is 6.53. The van der Waals surface area contributed by atoms with Gasteiger partial charge in [0.05, 0.1) is 18.4 Å². The van der Waals surface area contributed by atoms with E-state index in [2.05, 4.69) is 4.98 Å². The molecule has 4 heteroatoms.